The van der Waals surface area contributed by atoms with Gasteiger partial charge in [0.1, 0.15) is 0 Å². The molecule has 0 bridgehead atoms. The first-order valence-electron chi connectivity index (χ1n) is 18.3. The summed E-state index contributed by atoms with van der Waals surface area (Å²) in [6, 6.07) is 77.3. The zero-order valence-corrected chi connectivity index (χ0v) is 29.2. The van der Waals surface area contributed by atoms with Crippen LogP contribution in [-0.4, -0.2) is 0 Å². The molecular weight excluding hydrogens is 639 g/mol. The third-order valence-corrected chi connectivity index (χ3v) is 10.6. The summed E-state index contributed by atoms with van der Waals surface area (Å²) >= 11 is 0. The van der Waals surface area contributed by atoms with Gasteiger partial charge in [-0.1, -0.05) is 176 Å². The molecule has 10 aromatic carbocycles. The van der Waals surface area contributed by atoms with Crippen LogP contribution in [0.3, 0.4) is 0 Å². The van der Waals surface area contributed by atoms with E-state index in [2.05, 4.69) is 217 Å². The van der Waals surface area contributed by atoms with Gasteiger partial charge in [0, 0.05) is 16.9 Å². The standard InChI is InChI=1S/C52H35N/c1-3-15-36(16-4-1)45-23-13-14-26-52(45)53(42-33-40-20-8-10-22-44(40)49(34-42)37-17-5-2-6-18-37)41-30-27-39(28-31-41)50-35-51-43-21-9-7-19-38(43)29-32-48(51)46-24-11-12-25-47(46)50/h1-35H. The second kappa shape index (κ2) is 13.0. The second-order valence-corrected chi connectivity index (χ2v) is 13.7. The molecule has 10 aromatic rings. The highest BCUT2D eigenvalue weighted by Gasteiger charge is 2.20. The molecule has 0 radical (unpaired) electrons. The Hall–Kier alpha value is -6.96. The van der Waals surface area contributed by atoms with Gasteiger partial charge in [-0.15, -0.1) is 0 Å². The number of rotatable bonds is 6. The number of hydrogen-bond acceptors (Lipinski definition) is 1. The summed E-state index contributed by atoms with van der Waals surface area (Å²) in [7, 11) is 0. The fourth-order valence-corrected chi connectivity index (χ4v) is 8.13. The summed E-state index contributed by atoms with van der Waals surface area (Å²) in [6.07, 6.45) is 0. The molecule has 0 spiro atoms. The lowest BCUT2D eigenvalue weighted by atomic mass is 9.91. The van der Waals surface area contributed by atoms with Crippen molar-refractivity contribution < 1.29 is 0 Å². The van der Waals surface area contributed by atoms with Gasteiger partial charge in [-0.25, -0.2) is 0 Å². The van der Waals surface area contributed by atoms with Crippen molar-refractivity contribution in [1.82, 2.24) is 0 Å². The molecule has 0 saturated heterocycles. The van der Waals surface area contributed by atoms with Crippen LogP contribution < -0.4 is 4.90 Å². The summed E-state index contributed by atoms with van der Waals surface area (Å²) in [4.78, 5) is 2.43. The SMILES string of the molecule is c1ccc(-c2ccccc2N(c2ccc(-c3cc4c5ccccc5ccc4c4ccccc34)cc2)c2cc(-c3ccccc3)c3ccccc3c2)cc1. The Morgan fingerprint density at radius 3 is 1.53 bits per heavy atom. The smallest absolute Gasteiger partial charge is 0.0540 e. The number of benzene rings is 10. The molecule has 0 amide bonds. The summed E-state index contributed by atoms with van der Waals surface area (Å²) in [5, 5.41) is 10.1. The van der Waals surface area contributed by atoms with Gasteiger partial charge in [-0.2, -0.15) is 0 Å². The minimum Gasteiger partial charge on any atom is -0.310 e. The van der Waals surface area contributed by atoms with Crippen LogP contribution in [0.15, 0.2) is 212 Å². The number of fused-ring (bicyclic) bond motifs is 6. The van der Waals surface area contributed by atoms with Gasteiger partial charge in [0.25, 0.3) is 0 Å². The van der Waals surface area contributed by atoms with Crippen LogP contribution in [0.5, 0.6) is 0 Å². The monoisotopic (exact) mass is 673 g/mol. The van der Waals surface area contributed by atoms with E-state index >= 15 is 0 Å². The fraction of sp³-hybridized carbons (Fsp3) is 0. The van der Waals surface area contributed by atoms with Crippen LogP contribution in [0.1, 0.15) is 0 Å². The molecule has 53 heavy (non-hydrogen) atoms. The molecule has 248 valence electrons. The van der Waals surface area contributed by atoms with E-state index in [-0.39, 0.29) is 0 Å². The topological polar surface area (TPSA) is 3.24 Å². The second-order valence-electron chi connectivity index (χ2n) is 13.7. The maximum absolute atomic E-state index is 2.43. The van der Waals surface area contributed by atoms with Gasteiger partial charge < -0.3 is 4.90 Å². The zero-order valence-electron chi connectivity index (χ0n) is 29.2. The normalized spacial score (nSPS) is 11.4. The van der Waals surface area contributed by atoms with Crippen molar-refractivity contribution in [2.24, 2.45) is 0 Å². The fourth-order valence-electron chi connectivity index (χ4n) is 8.13. The van der Waals surface area contributed by atoms with Crippen LogP contribution in [0, 0.1) is 0 Å². The molecule has 0 aliphatic rings. The van der Waals surface area contributed by atoms with E-state index < -0.39 is 0 Å². The molecule has 1 heteroatoms. The molecule has 0 heterocycles. The van der Waals surface area contributed by atoms with Crippen molar-refractivity contribution in [3.63, 3.8) is 0 Å². The maximum atomic E-state index is 2.43. The van der Waals surface area contributed by atoms with Gasteiger partial charge >= 0.3 is 0 Å². The molecule has 0 atom stereocenters. The van der Waals surface area contributed by atoms with E-state index in [1.54, 1.807) is 0 Å². The predicted molar refractivity (Wildman–Crippen MR) is 227 cm³/mol. The first kappa shape index (κ1) is 30.8. The average Bonchev–Trinajstić information content (AvgIpc) is 3.24. The van der Waals surface area contributed by atoms with Gasteiger partial charge in [0.15, 0.2) is 0 Å². The first-order chi connectivity index (χ1) is 26.3. The number of para-hydroxylation sites is 1. The highest BCUT2D eigenvalue weighted by atomic mass is 15.1. The number of anilines is 3. The Morgan fingerprint density at radius 1 is 0.245 bits per heavy atom. The van der Waals surface area contributed by atoms with Crippen molar-refractivity contribution >= 4 is 60.2 Å². The van der Waals surface area contributed by atoms with Crippen LogP contribution in [0.2, 0.25) is 0 Å². The molecule has 0 unspecified atom stereocenters. The Balaban J connectivity index is 1.19. The van der Waals surface area contributed by atoms with Crippen molar-refractivity contribution in [2.45, 2.75) is 0 Å². The lowest BCUT2D eigenvalue weighted by Crippen LogP contribution is -2.11. The minimum absolute atomic E-state index is 1.10. The molecule has 0 fully saturated rings. The Bertz CT molecular complexity index is 2930. The van der Waals surface area contributed by atoms with E-state index in [0.717, 1.165) is 17.1 Å². The molecular formula is C52H35N. The van der Waals surface area contributed by atoms with E-state index in [1.807, 2.05) is 0 Å². The third-order valence-electron chi connectivity index (χ3n) is 10.6. The van der Waals surface area contributed by atoms with Crippen LogP contribution in [-0.2, 0) is 0 Å². The third kappa shape index (κ3) is 5.42. The first-order valence-corrected chi connectivity index (χ1v) is 18.3. The van der Waals surface area contributed by atoms with Crippen molar-refractivity contribution in [3.05, 3.63) is 212 Å². The van der Waals surface area contributed by atoms with Gasteiger partial charge in [0.2, 0.25) is 0 Å². The number of hydrogen-bond donors (Lipinski definition) is 0. The molecule has 0 aliphatic carbocycles. The average molecular weight is 674 g/mol. The van der Waals surface area contributed by atoms with Crippen LogP contribution in [0.25, 0.3) is 76.5 Å². The lowest BCUT2D eigenvalue weighted by molar-refractivity contribution is 1.29. The summed E-state index contributed by atoms with van der Waals surface area (Å²) in [6.45, 7) is 0. The van der Waals surface area contributed by atoms with E-state index in [1.165, 1.54) is 76.5 Å². The minimum atomic E-state index is 1.10. The van der Waals surface area contributed by atoms with Gasteiger partial charge in [-0.3, -0.25) is 0 Å². The van der Waals surface area contributed by atoms with E-state index in [0.29, 0.717) is 0 Å². The maximum Gasteiger partial charge on any atom is 0.0540 e. The quantitative estimate of drug-likeness (QED) is 0.159. The predicted octanol–water partition coefficient (Wildman–Crippen LogP) is 14.8. The molecule has 0 saturated carbocycles. The van der Waals surface area contributed by atoms with Gasteiger partial charge in [0.05, 0.1) is 5.69 Å². The van der Waals surface area contributed by atoms with Gasteiger partial charge in [-0.05, 0) is 107 Å². The van der Waals surface area contributed by atoms with Crippen molar-refractivity contribution in [3.8, 4) is 33.4 Å². The Labute approximate surface area is 309 Å². The highest BCUT2D eigenvalue weighted by molar-refractivity contribution is 6.21. The Morgan fingerprint density at radius 2 is 0.774 bits per heavy atom. The van der Waals surface area contributed by atoms with E-state index in [4.69, 9.17) is 0 Å². The zero-order chi connectivity index (χ0) is 35.1. The van der Waals surface area contributed by atoms with Crippen LogP contribution in [0.4, 0.5) is 17.1 Å². The summed E-state index contributed by atoms with van der Waals surface area (Å²) in [5.74, 6) is 0. The van der Waals surface area contributed by atoms with Crippen LogP contribution >= 0.6 is 0 Å². The Kier molecular flexibility index (Phi) is 7.55. The highest BCUT2D eigenvalue weighted by Crippen LogP contribution is 2.45. The van der Waals surface area contributed by atoms with E-state index in [9.17, 15) is 0 Å². The molecule has 0 aliphatic heterocycles. The molecule has 0 aromatic heterocycles. The van der Waals surface area contributed by atoms with Crippen molar-refractivity contribution in [1.29, 1.82) is 0 Å². The molecule has 10 rings (SSSR count). The van der Waals surface area contributed by atoms with Crippen molar-refractivity contribution in [2.75, 3.05) is 4.90 Å². The number of nitrogens with zero attached hydrogens (tertiary/aromatic N) is 1. The summed E-state index contributed by atoms with van der Waals surface area (Å²) < 4.78 is 0. The lowest BCUT2D eigenvalue weighted by Gasteiger charge is -2.29. The largest absolute Gasteiger partial charge is 0.310 e. The molecule has 0 N–H and O–H groups in total. The summed E-state index contributed by atoms with van der Waals surface area (Å²) in [5.41, 5.74) is 10.6. The molecule has 1 nitrogen and oxygen atoms in total.